The molecule has 2 aliphatic heterocycles. The van der Waals surface area contributed by atoms with Gasteiger partial charge in [0.15, 0.2) is 6.61 Å². The van der Waals surface area contributed by atoms with E-state index in [2.05, 4.69) is 0 Å². The van der Waals surface area contributed by atoms with Crippen molar-refractivity contribution >= 4 is 23.5 Å². The number of amides is 1. The normalized spacial score (nSPS) is 21.4. The summed E-state index contributed by atoms with van der Waals surface area (Å²) in [6.07, 6.45) is 5.17. The largest absolute Gasteiger partial charge is 0.484 e. The molecule has 2 heterocycles. The number of carbonyl (C=O) groups excluding carboxylic acids is 2. The van der Waals surface area contributed by atoms with Crippen molar-refractivity contribution < 1.29 is 23.8 Å². The molecule has 0 aliphatic carbocycles. The molecule has 0 radical (unpaired) electrons. The minimum atomic E-state index is -0.564. The third-order valence-corrected chi connectivity index (χ3v) is 6.10. The highest BCUT2D eigenvalue weighted by atomic mass is 35.5. The molecule has 1 amide bonds. The fraction of sp³-hybridized carbons (Fsp3) is 0.636. The van der Waals surface area contributed by atoms with Crippen LogP contribution in [0, 0.1) is 5.41 Å². The van der Waals surface area contributed by atoms with Gasteiger partial charge in [-0.25, -0.2) is 0 Å². The van der Waals surface area contributed by atoms with Crippen LogP contribution < -0.4 is 4.74 Å². The van der Waals surface area contributed by atoms with Crippen LogP contribution in [-0.4, -0.2) is 55.8 Å². The Morgan fingerprint density at radius 2 is 1.93 bits per heavy atom. The Hall–Kier alpha value is -1.79. The molecule has 7 heteroatoms. The van der Waals surface area contributed by atoms with Crippen LogP contribution in [0.3, 0.4) is 0 Å². The molecule has 1 aromatic carbocycles. The SMILES string of the molecule is CCOC(=O)C1(CC2CCCCO2)CCN(C(=O)COc2ccc(Cl)cc2)CC1. The zero-order chi connectivity index (χ0) is 20.7. The maximum Gasteiger partial charge on any atom is 0.312 e. The molecule has 6 nitrogen and oxygen atoms in total. The van der Waals surface area contributed by atoms with Crippen molar-refractivity contribution in [1.29, 1.82) is 0 Å². The van der Waals surface area contributed by atoms with E-state index in [9.17, 15) is 9.59 Å². The Bertz CT molecular complexity index is 679. The minimum Gasteiger partial charge on any atom is -0.484 e. The van der Waals surface area contributed by atoms with Gasteiger partial charge < -0.3 is 19.1 Å². The van der Waals surface area contributed by atoms with Crippen LogP contribution in [0.2, 0.25) is 5.02 Å². The van der Waals surface area contributed by atoms with Crippen molar-refractivity contribution in [2.45, 2.75) is 51.6 Å². The van der Waals surface area contributed by atoms with Gasteiger partial charge in [-0.1, -0.05) is 11.6 Å². The van der Waals surface area contributed by atoms with Crippen LogP contribution in [-0.2, 0) is 19.1 Å². The van der Waals surface area contributed by atoms with Gasteiger partial charge in [-0.3, -0.25) is 9.59 Å². The van der Waals surface area contributed by atoms with E-state index >= 15 is 0 Å². The number of rotatable bonds is 7. The zero-order valence-electron chi connectivity index (χ0n) is 17.0. The Morgan fingerprint density at radius 3 is 2.55 bits per heavy atom. The summed E-state index contributed by atoms with van der Waals surface area (Å²) in [7, 11) is 0. The standard InChI is InChI=1S/C22H30ClNO5/c1-2-27-21(26)22(15-19-5-3-4-14-28-19)10-12-24(13-11-22)20(25)16-29-18-8-6-17(23)7-9-18/h6-9,19H,2-5,10-16H2,1H3. The number of nitrogens with zero attached hydrogens (tertiary/aromatic N) is 1. The molecular formula is C22H30ClNO5. The summed E-state index contributed by atoms with van der Waals surface area (Å²) in [6.45, 7) is 3.97. The Kier molecular flexibility index (Phi) is 7.78. The predicted molar refractivity (Wildman–Crippen MR) is 110 cm³/mol. The maximum absolute atomic E-state index is 12.8. The minimum absolute atomic E-state index is 0.0280. The molecule has 29 heavy (non-hydrogen) atoms. The van der Waals surface area contributed by atoms with E-state index in [1.165, 1.54) is 0 Å². The monoisotopic (exact) mass is 423 g/mol. The number of hydrogen-bond acceptors (Lipinski definition) is 5. The fourth-order valence-corrected chi connectivity index (χ4v) is 4.26. The number of esters is 1. The van der Waals surface area contributed by atoms with E-state index in [1.54, 1.807) is 29.2 Å². The van der Waals surface area contributed by atoms with E-state index in [0.29, 0.717) is 49.7 Å². The lowest BCUT2D eigenvalue weighted by molar-refractivity contribution is -0.164. The quantitative estimate of drug-likeness (QED) is 0.623. The van der Waals surface area contributed by atoms with E-state index in [-0.39, 0.29) is 24.6 Å². The van der Waals surface area contributed by atoms with Gasteiger partial charge in [0.05, 0.1) is 18.1 Å². The van der Waals surface area contributed by atoms with Crippen LogP contribution >= 0.6 is 11.6 Å². The molecule has 1 aromatic rings. The van der Waals surface area contributed by atoms with Crippen molar-refractivity contribution in [1.82, 2.24) is 4.90 Å². The number of likely N-dealkylation sites (tertiary alicyclic amines) is 1. The van der Waals surface area contributed by atoms with E-state index in [0.717, 1.165) is 25.9 Å². The second kappa shape index (κ2) is 10.3. The van der Waals surface area contributed by atoms with Crippen LogP contribution in [0.4, 0.5) is 0 Å². The second-order valence-electron chi connectivity index (χ2n) is 7.82. The Morgan fingerprint density at radius 1 is 1.21 bits per heavy atom. The molecule has 0 spiro atoms. The molecule has 0 bridgehead atoms. The summed E-state index contributed by atoms with van der Waals surface area (Å²) >= 11 is 5.86. The summed E-state index contributed by atoms with van der Waals surface area (Å²) < 4.78 is 16.9. The highest BCUT2D eigenvalue weighted by Gasteiger charge is 2.45. The van der Waals surface area contributed by atoms with E-state index < -0.39 is 5.41 Å². The van der Waals surface area contributed by atoms with E-state index in [4.69, 9.17) is 25.8 Å². The molecule has 2 aliphatic rings. The van der Waals surface area contributed by atoms with Gasteiger partial charge in [-0.15, -0.1) is 0 Å². The lowest BCUT2D eigenvalue weighted by atomic mass is 9.73. The average molecular weight is 424 g/mol. The molecule has 0 saturated carbocycles. The number of benzene rings is 1. The Balaban J connectivity index is 1.55. The number of carbonyl (C=O) groups is 2. The van der Waals surface area contributed by atoms with Crippen LogP contribution in [0.1, 0.15) is 45.4 Å². The van der Waals surface area contributed by atoms with Crippen molar-refractivity contribution in [2.75, 3.05) is 32.9 Å². The van der Waals surface area contributed by atoms with Gasteiger partial charge in [-0.05, 0) is 69.7 Å². The lowest BCUT2D eigenvalue weighted by Crippen LogP contribution is -2.49. The first kappa shape index (κ1) is 21.9. The van der Waals surface area contributed by atoms with Crippen LogP contribution in [0.25, 0.3) is 0 Å². The first-order valence-corrected chi connectivity index (χ1v) is 10.9. The van der Waals surface area contributed by atoms with Gasteiger partial charge in [-0.2, -0.15) is 0 Å². The third-order valence-electron chi connectivity index (χ3n) is 5.85. The molecule has 1 unspecified atom stereocenters. The lowest BCUT2D eigenvalue weighted by Gasteiger charge is -2.42. The number of piperidine rings is 1. The summed E-state index contributed by atoms with van der Waals surface area (Å²) in [5, 5.41) is 0.622. The molecule has 0 aromatic heterocycles. The molecule has 1 atom stereocenters. The molecule has 0 N–H and O–H groups in total. The summed E-state index contributed by atoms with van der Waals surface area (Å²) in [6, 6.07) is 6.93. The van der Waals surface area contributed by atoms with Crippen molar-refractivity contribution in [3.8, 4) is 5.75 Å². The Labute approximate surface area is 177 Å². The van der Waals surface area contributed by atoms with Crippen molar-refractivity contribution in [2.24, 2.45) is 5.41 Å². The summed E-state index contributed by atoms with van der Waals surface area (Å²) in [5.74, 6) is 0.375. The third kappa shape index (κ3) is 5.86. The number of halogens is 1. The molecule has 2 saturated heterocycles. The van der Waals surface area contributed by atoms with Crippen molar-refractivity contribution in [3.63, 3.8) is 0 Å². The van der Waals surface area contributed by atoms with E-state index in [1.807, 2.05) is 6.92 Å². The van der Waals surface area contributed by atoms with Gasteiger partial charge in [0.2, 0.25) is 0 Å². The van der Waals surface area contributed by atoms with Gasteiger partial charge in [0.1, 0.15) is 5.75 Å². The fourth-order valence-electron chi connectivity index (χ4n) is 4.13. The highest BCUT2D eigenvalue weighted by Crippen LogP contribution is 2.40. The maximum atomic E-state index is 12.8. The first-order chi connectivity index (χ1) is 14.0. The van der Waals surface area contributed by atoms with Crippen LogP contribution in [0.15, 0.2) is 24.3 Å². The van der Waals surface area contributed by atoms with Gasteiger partial charge in [0, 0.05) is 24.7 Å². The smallest absolute Gasteiger partial charge is 0.312 e. The average Bonchev–Trinajstić information content (AvgIpc) is 2.74. The van der Waals surface area contributed by atoms with Crippen LogP contribution in [0.5, 0.6) is 5.75 Å². The molecule has 160 valence electrons. The van der Waals surface area contributed by atoms with Crippen molar-refractivity contribution in [3.05, 3.63) is 29.3 Å². The summed E-state index contributed by atoms with van der Waals surface area (Å²) in [5.41, 5.74) is -0.564. The topological polar surface area (TPSA) is 65.1 Å². The predicted octanol–water partition coefficient (Wildman–Crippen LogP) is 3.85. The zero-order valence-corrected chi connectivity index (χ0v) is 17.8. The first-order valence-electron chi connectivity index (χ1n) is 10.5. The summed E-state index contributed by atoms with van der Waals surface area (Å²) in [4.78, 5) is 27.1. The highest BCUT2D eigenvalue weighted by molar-refractivity contribution is 6.30. The molecule has 3 rings (SSSR count). The molecule has 2 fully saturated rings. The second-order valence-corrected chi connectivity index (χ2v) is 8.25. The molecular weight excluding hydrogens is 394 g/mol. The van der Waals surface area contributed by atoms with Gasteiger partial charge >= 0.3 is 5.97 Å². The number of hydrogen-bond donors (Lipinski definition) is 0. The van der Waals surface area contributed by atoms with Gasteiger partial charge in [0.25, 0.3) is 5.91 Å². The number of ether oxygens (including phenoxy) is 3.